The molecule has 0 aromatic rings. The lowest BCUT2D eigenvalue weighted by Crippen LogP contribution is -2.58. The van der Waals surface area contributed by atoms with Crippen molar-refractivity contribution in [2.75, 3.05) is 6.61 Å². The molecule has 0 saturated carbocycles. The maximum absolute atomic E-state index is 11.5. The average Bonchev–Trinajstić information content (AvgIpc) is 2.09. The molecule has 0 bridgehead atoms. The van der Waals surface area contributed by atoms with E-state index in [0.717, 1.165) is 19.3 Å². The Balaban J connectivity index is 2.56. The molecule has 1 unspecified atom stereocenters. The van der Waals surface area contributed by atoms with Crippen LogP contribution >= 0.6 is 9.24 Å². The van der Waals surface area contributed by atoms with Crippen LogP contribution in [-0.2, 0) is 9.53 Å². The van der Waals surface area contributed by atoms with Crippen LogP contribution in [0.3, 0.4) is 0 Å². The van der Waals surface area contributed by atoms with Crippen LogP contribution in [0.25, 0.3) is 0 Å². The van der Waals surface area contributed by atoms with Crippen molar-refractivity contribution in [1.29, 1.82) is 0 Å². The van der Waals surface area contributed by atoms with Gasteiger partial charge < -0.3 is 4.74 Å². The van der Waals surface area contributed by atoms with Crippen LogP contribution in [0.15, 0.2) is 0 Å². The highest BCUT2D eigenvalue weighted by Crippen LogP contribution is 2.22. The quantitative estimate of drug-likeness (QED) is 0.554. The molecular formula is C9H18NO2P. The first-order valence-corrected chi connectivity index (χ1v) is 5.45. The molecule has 0 amide bonds. The number of cyclic esters (lactones) is 1. The predicted molar refractivity (Wildman–Crippen MR) is 55.5 cm³/mol. The average molecular weight is 203 g/mol. The molecule has 3 nitrogen and oxygen atoms in total. The van der Waals surface area contributed by atoms with Crippen molar-refractivity contribution >= 4 is 15.2 Å². The number of rotatable bonds is 3. The van der Waals surface area contributed by atoms with Gasteiger partial charge in [-0.15, -0.1) is 9.24 Å². The summed E-state index contributed by atoms with van der Waals surface area (Å²) in [5.41, 5.74) is -0.472. The summed E-state index contributed by atoms with van der Waals surface area (Å²) in [6.45, 7) is 4.50. The van der Waals surface area contributed by atoms with E-state index in [0.29, 0.717) is 6.61 Å². The Labute approximate surface area is 81.8 Å². The Bertz CT molecular complexity index is 198. The molecule has 0 spiro atoms. The molecule has 0 aromatic heterocycles. The minimum atomic E-state index is -0.472. The first-order valence-electron chi connectivity index (χ1n) is 4.79. The lowest BCUT2D eigenvalue weighted by Gasteiger charge is -2.36. The SMILES string of the molecule is CCCC[C@@]1(C)N[C@H](P)COC1=O. The third-order valence-corrected chi connectivity index (χ3v) is 2.74. The molecule has 1 aliphatic rings. The van der Waals surface area contributed by atoms with Crippen LogP contribution in [0.5, 0.6) is 0 Å². The number of esters is 1. The summed E-state index contributed by atoms with van der Waals surface area (Å²) in [6, 6.07) is 0. The van der Waals surface area contributed by atoms with Gasteiger partial charge in [-0.1, -0.05) is 19.8 Å². The topological polar surface area (TPSA) is 38.3 Å². The first kappa shape index (κ1) is 10.9. The van der Waals surface area contributed by atoms with Gasteiger partial charge in [0.2, 0.25) is 0 Å². The Hall–Kier alpha value is -0.140. The Morgan fingerprint density at radius 3 is 3.08 bits per heavy atom. The molecule has 1 heterocycles. The largest absolute Gasteiger partial charge is 0.462 e. The second-order valence-electron chi connectivity index (χ2n) is 3.78. The number of nitrogens with one attached hydrogen (secondary N) is 1. The predicted octanol–water partition coefficient (Wildman–Crippen LogP) is 1.28. The van der Waals surface area contributed by atoms with Gasteiger partial charge >= 0.3 is 5.97 Å². The standard InChI is InChI=1S/C9H18NO2P/c1-3-4-5-9(2)8(11)12-6-7(13)10-9/h7,10H,3-6,13H2,1-2H3/t7-,9-/m1/s1. The number of carbonyl (C=O) groups is 1. The van der Waals surface area contributed by atoms with Gasteiger partial charge in [0.15, 0.2) is 0 Å². The monoisotopic (exact) mass is 203 g/mol. The van der Waals surface area contributed by atoms with E-state index in [1.807, 2.05) is 6.92 Å². The fraction of sp³-hybridized carbons (Fsp3) is 0.889. The van der Waals surface area contributed by atoms with E-state index in [2.05, 4.69) is 21.5 Å². The summed E-state index contributed by atoms with van der Waals surface area (Å²) in [5.74, 6) is 0.0826. The molecule has 0 aliphatic carbocycles. The molecule has 1 aliphatic heterocycles. The lowest BCUT2D eigenvalue weighted by molar-refractivity contribution is -0.156. The fourth-order valence-corrected chi connectivity index (χ4v) is 2.00. The van der Waals surface area contributed by atoms with Gasteiger partial charge in [0, 0.05) is 0 Å². The summed E-state index contributed by atoms with van der Waals surface area (Å²) >= 11 is 0. The van der Waals surface area contributed by atoms with E-state index in [-0.39, 0.29) is 11.8 Å². The number of hydrogen-bond acceptors (Lipinski definition) is 3. The lowest BCUT2D eigenvalue weighted by atomic mass is 9.94. The first-order chi connectivity index (χ1) is 6.08. The van der Waals surface area contributed by atoms with Crippen LogP contribution in [0.2, 0.25) is 0 Å². The van der Waals surface area contributed by atoms with Crippen molar-refractivity contribution < 1.29 is 9.53 Å². The molecule has 13 heavy (non-hydrogen) atoms. The number of hydrogen-bond donors (Lipinski definition) is 1. The van der Waals surface area contributed by atoms with Gasteiger partial charge in [-0.2, -0.15) is 0 Å². The summed E-state index contributed by atoms with van der Waals surface area (Å²) in [5, 5.41) is 3.27. The van der Waals surface area contributed by atoms with Crippen LogP contribution in [0.4, 0.5) is 0 Å². The van der Waals surface area contributed by atoms with Gasteiger partial charge in [-0.05, 0) is 13.3 Å². The number of carbonyl (C=O) groups excluding carboxylic acids is 1. The molecule has 1 N–H and O–H groups in total. The molecule has 76 valence electrons. The Morgan fingerprint density at radius 2 is 2.46 bits per heavy atom. The van der Waals surface area contributed by atoms with Crippen molar-refractivity contribution in [3.63, 3.8) is 0 Å². The molecule has 3 atom stereocenters. The summed E-state index contributed by atoms with van der Waals surface area (Å²) in [4.78, 5) is 11.5. The second kappa shape index (κ2) is 4.39. The van der Waals surface area contributed by atoms with Crippen molar-refractivity contribution in [3.8, 4) is 0 Å². The van der Waals surface area contributed by atoms with Crippen LogP contribution in [0.1, 0.15) is 33.1 Å². The molecule has 1 fully saturated rings. The second-order valence-corrected chi connectivity index (χ2v) is 4.59. The minimum absolute atomic E-state index is 0.111. The summed E-state index contributed by atoms with van der Waals surface area (Å²) in [7, 11) is 2.64. The summed E-state index contributed by atoms with van der Waals surface area (Å²) < 4.78 is 5.08. The maximum atomic E-state index is 11.5. The van der Waals surface area contributed by atoms with Gasteiger partial charge in [0.25, 0.3) is 0 Å². The highest BCUT2D eigenvalue weighted by Gasteiger charge is 2.38. The number of ether oxygens (including phenoxy) is 1. The van der Waals surface area contributed by atoms with E-state index in [1.165, 1.54) is 0 Å². The van der Waals surface area contributed by atoms with Gasteiger partial charge in [-0.25, -0.2) is 0 Å². The number of morpholine rings is 1. The Kier molecular flexibility index (Phi) is 3.69. The van der Waals surface area contributed by atoms with Crippen molar-refractivity contribution in [2.24, 2.45) is 0 Å². The molecule has 1 rings (SSSR count). The molecule has 0 radical (unpaired) electrons. The molecular weight excluding hydrogens is 185 g/mol. The van der Waals surface area contributed by atoms with Crippen LogP contribution < -0.4 is 5.32 Å². The minimum Gasteiger partial charge on any atom is -0.462 e. The van der Waals surface area contributed by atoms with Gasteiger partial charge in [0.1, 0.15) is 12.1 Å². The van der Waals surface area contributed by atoms with E-state index in [1.54, 1.807) is 0 Å². The van der Waals surface area contributed by atoms with E-state index >= 15 is 0 Å². The van der Waals surface area contributed by atoms with Gasteiger partial charge in [0.05, 0.1) is 5.78 Å². The van der Waals surface area contributed by atoms with Crippen molar-refractivity contribution in [1.82, 2.24) is 5.32 Å². The molecule has 4 heteroatoms. The normalized spacial score (nSPS) is 34.4. The maximum Gasteiger partial charge on any atom is 0.326 e. The number of unbranched alkanes of at least 4 members (excludes halogenated alkanes) is 1. The smallest absolute Gasteiger partial charge is 0.326 e. The fourth-order valence-electron chi connectivity index (χ4n) is 1.54. The zero-order valence-electron chi connectivity index (χ0n) is 8.30. The zero-order chi connectivity index (χ0) is 9.90. The van der Waals surface area contributed by atoms with Gasteiger partial charge in [-0.3, -0.25) is 10.1 Å². The van der Waals surface area contributed by atoms with Crippen molar-refractivity contribution in [2.45, 2.75) is 44.4 Å². The third kappa shape index (κ3) is 2.65. The highest BCUT2D eigenvalue weighted by molar-refractivity contribution is 7.17. The van der Waals surface area contributed by atoms with E-state index < -0.39 is 5.54 Å². The van der Waals surface area contributed by atoms with Crippen molar-refractivity contribution in [3.05, 3.63) is 0 Å². The third-order valence-electron chi connectivity index (χ3n) is 2.38. The van der Waals surface area contributed by atoms with Crippen LogP contribution in [0, 0.1) is 0 Å². The zero-order valence-corrected chi connectivity index (χ0v) is 9.45. The van der Waals surface area contributed by atoms with E-state index in [9.17, 15) is 4.79 Å². The van der Waals surface area contributed by atoms with Crippen LogP contribution in [-0.4, -0.2) is 23.9 Å². The molecule has 1 saturated heterocycles. The highest BCUT2D eigenvalue weighted by atomic mass is 31.0. The molecule has 0 aromatic carbocycles. The van der Waals surface area contributed by atoms with E-state index in [4.69, 9.17) is 4.74 Å². The summed E-state index contributed by atoms with van der Waals surface area (Å²) in [6.07, 6.45) is 3.01. The Morgan fingerprint density at radius 1 is 1.77 bits per heavy atom.